The van der Waals surface area contributed by atoms with Gasteiger partial charge < -0.3 is 10.2 Å². The first kappa shape index (κ1) is 11.1. The molecule has 16 heavy (non-hydrogen) atoms. The van der Waals surface area contributed by atoms with Crippen molar-refractivity contribution in [3.8, 4) is 0 Å². The minimum Gasteiger partial charge on any atom is -0.481 e. The summed E-state index contributed by atoms with van der Waals surface area (Å²) >= 11 is 0. The van der Waals surface area contributed by atoms with Crippen molar-refractivity contribution in [2.75, 3.05) is 0 Å². The number of benzene rings is 1. The molecule has 0 radical (unpaired) electrons. The smallest absolute Gasteiger partial charge is 0.312 e. The van der Waals surface area contributed by atoms with Crippen molar-refractivity contribution in [1.82, 2.24) is 0 Å². The summed E-state index contributed by atoms with van der Waals surface area (Å²) in [5.41, 5.74) is 0.858. The van der Waals surface area contributed by atoms with E-state index in [2.05, 4.69) is 0 Å². The third-order valence-corrected chi connectivity index (χ3v) is 3.59. The topological polar surface area (TPSA) is 57.5 Å². The van der Waals surface area contributed by atoms with Gasteiger partial charge in [-0.25, -0.2) is 0 Å². The first-order valence-electron chi connectivity index (χ1n) is 5.54. The van der Waals surface area contributed by atoms with Crippen LogP contribution in [0.2, 0.25) is 0 Å². The monoisotopic (exact) mass is 220 g/mol. The molecular weight excluding hydrogens is 204 g/mol. The summed E-state index contributed by atoms with van der Waals surface area (Å²) in [6, 6.07) is 7.41. The normalized spacial score (nSPS) is 19.9. The van der Waals surface area contributed by atoms with Gasteiger partial charge in [-0.3, -0.25) is 4.79 Å². The van der Waals surface area contributed by atoms with E-state index in [4.69, 9.17) is 0 Å². The fourth-order valence-corrected chi connectivity index (χ4v) is 2.23. The predicted molar refractivity (Wildman–Crippen MR) is 60.1 cm³/mol. The zero-order valence-electron chi connectivity index (χ0n) is 9.31. The van der Waals surface area contributed by atoms with E-state index in [1.807, 2.05) is 31.2 Å². The third-order valence-electron chi connectivity index (χ3n) is 3.59. The predicted octanol–water partition coefficient (Wildman–Crippen LogP) is 2.28. The number of carboxylic acids is 1. The largest absolute Gasteiger partial charge is 0.481 e. The molecule has 0 aromatic heterocycles. The number of hydrogen-bond donors (Lipinski definition) is 2. The van der Waals surface area contributed by atoms with Crippen LogP contribution in [-0.2, 0) is 4.79 Å². The van der Waals surface area contributed by atoms with Gasteiger partial charge in [-0.15, -0.1) is 0 Å². The van der Waals surface area contributed by atoms with Crippen LogP contribution in [0.5, 0.6) is 0 Å². The molecule has 2 rings (SSSR count). The summed E-state index contributed by atoms with van der Waals surface area (Å²) in [7, 11) is 0. The van der Waals surface area contributed by atoms with Crippen LogP contribution < -0.4 is 0 Å². The summed E-state index contributed by atoms with van der Waals surface area (Å²) in [6.07, 6.45) is 1.13. The summed E-state index contributed by atoms with van der Waals surface area (Å²) in [5, 5.41) is 19.4. The molecule has 0 bridgehead atoms. The van der Waals surface area contributed by atoms with Crippen LogP contribution in [-0.4, -0.2) is 16.2 Å². The van der Waals surface area contributed by atoms with Crippen molar-refractivity contribution in [2.24, 2.45) is 5.41 Å². The Kier molecular flexibility index (Phi) is 2.72. The Hall–Kier alpha value is -1.35. The van der Waals surface area contributed by atoms with E-state index < -0.39 is 17.5 Å². The van der Waals surface area contributed by atoms with Crippen LogP contribution in [0.25, 0.3) is 0 Å². The van der Waals surface area contributed by atoms with Crippen LogP contribution in [0.15, 0.2) is 24.3 Å². The van der Waals surface area contributed by atoms with Gasteiger partial charge in [-0.2, -0.15) is 0 Å². The van der Waals surface area contributed by atoms with Gasteiger partial charge in [0.15, 0.2) is 0 Å². The van der Waals surface area contributed by atoms with Crippen molar-refractivity contribution < 1.29 is 15.0 Å². The lowest BCUT2D eigenvalue weighted by Gasteiger charge is -2.41. The van der Waals surface area contributed by atoms with Gasteiger partial charge >= 0.3 is 5.97 Å². The van der Waals surface area contributed by atoms with Crippen molar-refractivity contribution in [3.05, 3.63) is 35.4 Å². The Bertz CT molecular complexity index is 390. The Labute approximate surface area is 94.7 Å². The van der Waals surface area contributed by atoms with Crippen LogP contribution >= 0.6 is 0 Å². The highest BCUT2D eigenvalue weighted by atomic mass is 16.4. The van der Waals surface area contributed by atoms with Gasteiger partial charge in [0.1, 0.15) is 0 Å². The molecule has 1 aromatic carbocycles. The Balaban J connectivity index is 2.27. The number of carboxylic acid groups (broad SMARTS) is 1. The summed E-state index contributed by atoms with van der Waals surface area (Å²) in [5.74, 6) is -0.883. The van der Waals surface area contributed by atoms with E-state index >= 15 is 0 Å². The summed E-state index contributed by atoms with van der Waals surface area (Å²) in [6.45, 7) is 1.96. The van der Waals surface area contributed by atoms with Crippen LogP contribution in [0.1, 0.15) is 36.5 Å². The molecule has 0 heterocycles. The average molecular weight is 220 g/mol. The highest BCUT2D eigenvalue weighted by Gasteiger charge is 2.50. The lowest BCUT2D eigenvalue weighted by atomic mass is 9.63. The first-order chi connectivity index (χ1) is 7.56. The molecular formula is C13H16O3. The molecule has 1 saturated carbocycles. The highest BCUT2D eigenvalue weighted by molar-refractivity contribution is 5.76. The molecule has 1 fully saturated rings. The molecule has 1 unspecified atom stereocenters. The van der Waals surface area contributed by atoms with Crippen LogP contribution in [0.4, 0.5) is 0 Å². The fraction of sp³-hybridized carbons (Fsp3) is 0.462. The SMILES string of the molecule is Cc1ccc(C(O)C2(C(=O)O)CCC2)cc1. The van der Waals surface area contributed by atoms with Gasteiger partial charge in [-0.05, 0) is 25.3 Å². The fourth-order valence-electron chi connectivity index (χ4n) is 2.23. The second-order valence-electron chi connectivity index (χ2n) is 4.63. The number of hydrogen-bond acceptors (Lipinski definition) is 2. The van der Waals surface area contributed by atoms with Crippen LogP contribution in [0.3, 0.4) is 0 Å². The molecule has 86 valence electrons. The van der Waals surface area contributed by atoms with E-state index in [0.717, 1.165) is 12.0 Å². The van der Waals surface area contributed by atoms with Crippen molar-refractivity contribution in [2.45, 2.75) is 32.3 Å². The summed E-state index contributed by atoms with van der Waals surface area (Å²) in [4.78, 5) is 11.2. The third kappa shape index (κ3) is 1.61. The summed E-state index contributed by atoms with van der Waals surface area (Å²) < 4.78 is 0. The number of carbonyl (C=O) groups is 1. The Morgan fingerprint density at radius 3 is 2.25 bits per heavy atom. The molecule has 3 nitrogen and oxygen atoms in total. The Morgan fingerprint density at radius 1 is 1.31 bits per heavy atom. The second-order valence-corrected chi connectivity index (χ2v) is 4.63. The molecule has 1 atom stereocenters. The zero-order valence-corrected chi connectivity index (χ0v) is 9.31. The van der Waals surface area contributed by atoms with Gasteiger partial charge in [0.05, 0.1) is 11.5 Å². The van der Waals surface area contributed by atoms with Crippen molar-refractivity contribution in [3.63, 3.8) is 0 Å². The lowest BCUT2D eigenvalue weighted by Crippen LogP contribution is -2.43. The minimum atomic E-state index is -0.949. The molecule has 3 heteroatoms. The lowest BCUT2D eigenvalue weighted by molar-refractivity contribution is -0.166. The molecule has 1 aliphatic rings. The maximum Gasteiger partial charge on any atom is 0.312 e. The van der Waals surface area contributed by atoms with Crippen LogP contribution in [0, 0.1) is 12.3 Å². The molecule has 0 saturated heterocycles. The molecule has 1 aliphatic carbocycles. The molecule has 2 N–H and O–H groups in total. The maximum absolute atomic E-state index is 11.2. The van der Waals surface area contributed by atoms with Gasteiger partial charge in [0.25, 0.3) is 0 Å². The van der Waals surface area contributed by atoms with E-state index in [9.17, 15) is 15.0 Å². The standard InChI is InChI=1S/C13H16O3/c1-9-3-5-10(6-4-9)11(14)13(12(15)16)7-2-8-13/h3-6,11,14H,2,7-8H2,1H3,(H,15,16). The second kappa shape index (κ2) is 3.91. The number of aliphatic carboxylic acids is 1. The van der Waals surface area contributed by atoms with E-state index in [0.29, 0.717) is 18.4 Å². The number of rotatable bonds is 3. The zero-order chi connectivity index (χ0) is 11.8. The van der Waals surface area contributed by atoms with E-state index in [-0.39, 0.29) is 0 Å². The Morgan fingerprint density at radius 2 is 1.88 bits per heavy atom. The minimum absolute atomic E-state index is 0.567. The molecule has 0 amide bonds. The van der Waals surface area contributed by atoms with Crippen molar-refractivity contribution >= 4 is 5.97 Å². The number of aryl methyl sites for hydroxylation is 1. The number of aliphatic hydroxyl groups is 1. The van der Waals surface area contributed by atoms with E-state index in [1.165, 1.54) is 0 Å². The quantitative estimate of drug-likeness (QED) is 0.821. The average Bonchev–Trinajstić information content (AvgIpc) is 2.16. The van der Waals surface area contributed by atoms with Gasteiger partial charge in [-0.1, -0.05) is 36.2 Å². The molecule has 1 aromatic rings. The molecule has 0 spiro atoms. The van der Waals surface area contributed by atoms with Gasteiger partial charge in [0, 0.05) is 0 Å². The van der Waals surface area contributed by atoms with E-state index in [1.54, 1.807) is 0 Å². The number of aliphatic hydroxyl groups excluding tert-OH is 1. The van der Waals surface area contributed by atoms with Crippen molar-refractivity contribution in [1.29, 1.82) is 0 Å². The molecule has 0 aliphatic heterocycles. The highest BCUT2D eigenvalue weighted by Crippen LogP contribution is 2.50. The maximum atomic E-state index is 11.2. The van der Waals surface area contributed by atoms with Gasteiger partial charge in [0.2, 0.25) is 0 Å². The first-order valence-corrected chi connectivity index (χ1v) is 5.54.